The first-order valence-corrected chi connectivity index (χ1v) is 7.13. The molecule has 5 heteroatoms. The Hall–Kier alpha value is -1.88. The summed E-state index contributed by atoms with van der Waals surface area (Å²) in [6, 6.07) is 4.25. The van der Waals surface area contributed by atoms with Gasteiger partial charge in [0.15, 0.2) is 0 Å². The van der Waals surface area contributed by atoms with Crippen LogP contribution in [0.25, 0.3) is 0 Å². The summed E-state index contributed by atoms with van der Waals surface area (Å²) in [5, 5.41) is 0. The summed E-state index contributed by atoms with van der Waals surface area (Å²) in [6.45, 7) is 0.683. The van der Waals surface area contributed by atoms with Crippen molar-refractivity contribution in [2.45, 2.75) is 44.4 Å². The number of ether oxygens (including phenoxy) is 1. The first-order chi connectivity index (χ1) is 9.81. The highest BCUT2D eigenvalue weighted by Crippen LogP contribution is 2.25. The van der Waals surface area contributed by atoms with Gasteiger partial charge in [-0.3, -0.25) is 4.98 Å². The van der Waals surface area contributed by atoms with Gasteiger partial charge in [0, 0.05) is 24.6 Å². The van der Waals surface area contributed by atoms with Crippen molar-refractivity contribution < 1.29 is 4.74 Å². The fourth-order valence-electron chi connectivity index (χ4n) is 2.59. The highest BCUT2D eigenvalue weighted by atomic mass is 16.5. The normalized spacial score (nSPS) is 22.6. The fourth-order valence-corrected chi connectivity index (χ4v) is 2.59. The van der Waals surface area contributed by atoms with Crippen LogP contribution in [0, 0.1) is 0 Å². The Balaban J connectivity index is 1.69. The van der Waals surface area contributed by atoms with Crippen LogP contribution in [0.1, 0.15) is 31.4 Å². The summed E-state index contributed by atoms with van der Waals surface area (Å²) in [5.41, 5.74) is 6.88. The molecule has 1 aliphatic carbocycles. The van der Waals surface area contributed by atoms with Crippen LogP contribution in [0.15, 0.2) is 37.1 Å². The maximum atomic E-state index is 6.13. The van der Waals surface area contributed by atoms with E-state index in [9.17, 15) is 0 Å². The van der Waals surface area contributed by atoms with Gasteiger partial charge in [-0.15, -0.1) is 0 Å². The molecule has 0 radical (unpaired) electrons. The summed E-state index contributed by atoms with van der Waals surface area (Å²) in [4.78, 5) is 8.49. The lowest BCUT2D eigenvalue weighted by Crippen LogP contribution is -2.31. The minimum atomic E-state index is 0.264. The molecule has 0 unspecified atom stereocenters. The largest absolute Gasteiger partial charge is 0.488 e. The van der Waals surface area contributed by atoms with Gasteiger partial charge in [0.25, 0.3) is 0 Å². The molecule has 2 heterocycles. The Bertz CT molecular complexity index is 533. The average molecular weight is 272 g/mol. The first kappa shape index (κ1) is 13.1. The molecule has 1 fully saturated rings. The average Bonchev–Trinajstić information content (AvgIpc) is 2.96. The predicted molar refractivity (Wildman–Crippen MR) is 76.4 cm³/mol. The second-order valence-corrected chi connectivity index (χ2v) is 5.34. The lowest BCUT2D eigenvalue weighted by molar-refractivity contribution is 0.145. The maximum absolute atomic E-state index is 6.13. The number of hydrogen-bond acceptors (Lipinski definition) is 4. The number of nitrogens with zero attached hydrogens (tertiary/aromatic N) is 3. The Morgan fingerprint density at radius 1 is 1.25 bits per heavy atom. The summed E-state index contributed by atoms with van der Waals surface area (Å²) in [5.74, 6) is 0.877. The molecule has 0 atom stereocenters. The van der Waals surface area contributed by atoms with Gasteiger partial charge in [0.05, 0.1) is 19.0 Å². The first-order valence-electron chi connectivity index (χ1n) is 7.13. The van der Waals surface area contributed by atoms with Crippen LogP contribution in [0.3, 0.4) is 0 Å². The summed E-state index contributed by atoms with van der Waals surface area (Å²) < 4.78 is 8.12. The molecular formula is C15H20N4O. The topological polar surface area (TPSA) is 66.0 Å². The van der Waals surface area contributed by atoms with Gasteiger partial charge in [0.1, 0.15) is 11.4 Å². The molecule has 2 aromatic heterocycles. The highest BCUT2D eigenvalue weighted by Gasteiger charge is 2.20. The minimum Gasteiger partial charge on any atom is -0.488 e. The van der Waals surface area contributed by atoms with Gasteiger partial charge in [-0.2, -0.15) is 0 Å². The van der Waals surface area contributed by atoms with Crippen molar-refractivity contribution in [1.82, 2.24) is 14.5 Å². The Kier molecular flexibility index (Phi) is 3.97. The zero-order valence-corrected chi connectivity index (χ0v) is 11.5. The number of rotatable bonds is 4. The minimum absolute atomic E-state index is 0.264. The van der Waals surface area contributed by atoms with Crippen molar-refractivity contribution in [2.75, 3.05) is 0 Å². The second-order valence-electron chi connectivity index (χ2n) is 5.34. The molecule has 0 aliphatic heterocycles. The van der Waals surface area contributed by atoms with Gasteiger partial charge >= 0.3 is 0 Å². The third-order valence-electron chi connectivity index (χ3n) is 3.75. The summed E-state index contributed by atoms with van der Waals surface area (Å²) in [6.07, 6.45) is 11.7. The van der Waals surface area contributed by atoms with Crippen molar-refractivity contribution >= 4 is 0 Å². The van der Waals surface area contributed by atoms with Crippen molar-refractivity contribution in [3.05, 3.63) is 42.7 Å². The molecule has 0 amide bonds. The lowest BCUT2D eigenvalue weighted by atomic mass is 9.94. The molecule has 20 heavy (non-hydrogen) atoms. The standard InChI is InChI=1S/C15H20N4O/c16-12-3-5-13(6-4-12)20-15-2-1-7-18-14(15)10-19-9-8-17-11-19/h1-2,7-9,11-13H,3-6,10,16H2. The van der Waals surface area contributed by atoms with E-state index in [4.69, 9.17) is 10.5 Å². The summed E-state index contributed by atoms with van der Waals surface area (Å²) >= 11 is 0. The smallest absolute Gasteiger partial charge is 0.143 e. The molecular weight excluding hydrogens is 252 g/mol. The second kappa shape index (κ2) is 6.05. The number of nitrogens with two attached hydrogens (primary N) is 1. The zero-order chi connectivity index (χ0) is 13.8. The van der Waals surface area contributed by atoms with Crippen LogP contribution < -0.4 is 10.5 Å². The van der Waals surface area contributed by atoms with E-state index in [0.29, 0.717) is 12.6 Å². The van der Waals surface area contributed by atoms with Crippen molar-refractivity contribution in [2.24, 2.45) is 5.73 Å². The zero-order valence-electron chi connectivity index (χ0n) is 11.5. The van der Waals surface area contributed by atoms with E-state index in [1.54, 1.807) is 18.7 Å². The third-order valence-corrected chi connectivity index (χ3v) is 3.75. The highest BCUT2D eigenvalue weighted by molar-refractivity contribution is 5.27. The van der Waals surface area contributed by atoms with Gasteiger partial charge in [-0.1, -0.05) is 0 Å². The molecule has 3 rings (SSSR count). The lowest BCUT2D eigenvalue weighted by Gasteiger charge is -2.27. The van der Waals surface area contributed by atoms with Crippen LogP contribution in [0.4, 0.5) is 0 Å². The third kappa shape index (κ3) is 3.17. The van der Waals surface area contributed by atoms with E-state index >= 15 is 0 Å². The Labute approximate surface area is 118 Å². The van der Waals surface area contributed by atoms with Crippen molar-refractivity contribution in [3.8, 4) is 5.75 Å². The Morgan fingerprint density at radius 3 is 2.85 bits per heavy atom. The molecule has 1 aliphatic rings. The molecule has 0 bridgehead atoms. The van der Waals surface area contributed by atoms with Crippen LogP contribution in [-0.2, 0) is 6.54 Å². The number of pyridine rings is 1. The van der Waals surface area contributed by atoms with Crippen LogP contribution >= 0.6 is 0 Å². The monoisotopic (exact) mass is 272 g/mol. The number of imidazole rings is 1. The molecule has 0 aromatic carbocycles. The number of hydrogen-bond donors (Lipinski definition) is 1. The van der Waals surface area contributed by atoms with Crippen LogP contribution in [-0.4, -0.2) is 26.7 Å². The number of aromatic nitrogens is 3. The van der Waals surface area contributed by atoms with Crippen LogP contribution in [0.2, 0.25) is 0 Å². The van der Waals surface area contributed by atoms with Gasteiger partial charge in [0.2, 0.25) is 0 Å². The molecule has 5 nitrogen and oxygen atoms in total. The van der Waals surface area contributed by atoms with Gasteiger partial charge < -0.3 is 15.0 Å². The van der Waals surface area contributed by atoms with E-state index in [0.717, 1.165) is 37.1 Å². The van der Waals surface area contributed by atoms with Crippen molar-refractivity contribution in [3.63, 3.8) is 0 Å². The van der Waals surface area contributed by atoms with E-state index in [1.165, 1.54) is 0 Å². The molecule has 2 aromatic rings. The SMILES string of the molecule is NC1CCC(Oc2cccnc2Cn2ccnc2)CC1. The predicted octanol–water partition coefficient (Wildman–Crippen LogP) is 1.98. The molecule has 0 saturated heterocycles. The molecule has 2 N–H and O–H groups in total. The summed E-state index contributed by atoms with van der Waals surface area (Å²) in [7, 11) is 0. The Morgan fingerprint density at radius 2 is 2.10 bits per heavy atom. The molecule has 106 valence electrons. The maximum Gasteiger partial charge on any atom is 0.143 e. The van der Waals surface area contributed by atoms with E-state index < -0.39 is 0 Å². The molecule has 1 saturated carbocycles. The fraction of sp³-hybridized carbons (Fsp3) is 0.467. The van der Waals surface area contributed by atoms with E-state index in [-0.39, 0.29) is 6.10 Å². The molecule has 0 spiro atoms. The van der Waals surface area contributed by atoms with Gasteiger partial charge in [-0.05, 0) is 37.8 Å². The quantitative estimate of drug-likeness (QED) is 0.924. The van der Waals surface area contributed by atoms with E-state index in [1.807, 2.05) is 22.9 Å². The van der Waals surface area contributed by atoms with Crippen LogP contribution in [0.5, 0.6) is 5.75 Å². The van der Waals surface area contributed by atoms with Crippen molar-refractivity contribution in [1.29, 1.82) is 0 Å². The van der Waals surface area contributed by atoms with E-state index in [2.05, 4.69) is 9.97 Å². The van der Waals surface area contributed by atoms with Gasteiger partial charge in [-0.25, -0.2) is 4.98 Å².